The van der Waals surface area contributed by atoms with Gasteiger partial charge in [-0.1, -0.05) is 154 Å². The van der Waals surface area contributed by atoms with E-state index in [0.717, 1.165) is 51.4 Å². The molecular formula is C39H75NO4P+. The van der Waals surface area contributed by atoms with Gasteiger partial charge in [0, 0.05) is 6.42 Å². The molecule has 0 aliphatic carbocycles. The maximum absolute atomic E-state index is 13.1. The van der Waals surface area contributed by atoms with Gasteiger partial charge in [-0.25, -0.2) is 4.79 Å². The van der Waals surface area contributed by atoms with Crippen molar-refractivity contribution in [2.24, 2.45) is 0 Å². The zero-order valence-corrected chi connectivity index (χ0v) is 31.6. The van der Waals surface area contributed by atoms with Crippen LogP contribution in [0.25, 0.3) is 0 Å². The number of quaternary nitrogens is 1. The zero-order chi connectivity index (χ0) is 33.4. The highest BCUT2D eigenvalue weighted by Gasteiger charge is 2.28. The van der Waals surface area contributed by atoms with Gasteiger partial charge >= 0.3 is 17.0 Å². The van der Waals surface area contributed by atoms with Crippen LogP contribution in [0, 0.1) is 0 Å². The maximum atomic E-state index is 13.1. The van der Waals surface area contributed by atoms with Gasteiger partial charge in [0.1, 0.15) is 0 Å². The summed E-state index contributed by atoms with van der Waals surface area (Å²) in [5.41, 5.74) is -0.116. The molecule has 0 rings (SSSR count). The Kier molecular flexibility index (Phi) is 30.8. The van der Waals surface area contributed by atoms with E-state index >= 15 is 0 Å². The van der Waals surface area contributed by atoms with Crippen LogP contribution in [-0.4, -0.2) is 49.1 Å². The van der Waals surface area contributed by atoms with Crippen molar-refractivity contribution in [3.63, 3.8) is 0 Å². The molecule has 1 unspecified atom stereocenters. The van der Waals surface area contributed by atoms with E-state index in [1.165, 1.54) is 116 Å². The molecule has 0 bridgehead atoms. The molecule has 0 saturated heterocycles. The van der Waals surface area contributed by atoms with Crippen LogP contribution in [0.4, 0.5) is 0 Å². The summed E-state index contributed by atoms with van der Waals surface area (Å²) in [5.74, 6) is -0.348. The molecule has 5 nitrogen and oxygen atoms in total. The zero-order valence-electron chi connectivity index (χ0n) is 30.7. The molecule has 0 aliphatic heterocycles. The molecule has 0 heterocycles. The number of hydrogen-bond donors (Lipinski definition) is 0. The fourth-order valence-corrected chi connectivity index (χ4v) is 6.98. The molecule has 0 spiro atoms. The molecule has 0 aromatic carbocycles. The number of ether oxygens (including phenoxy) is 1. The number of rotatable bonds is 33. The summed E-state index contributed by atoms with van der Waals surface area (Å²) < 4.78 is 6.06. The second-order valence-electron chi connectivity index (χ2n) is 14.3. The molecule has 0 fully saturated rings. The largest absolute Gasteiger partial charge is 0.621 e. The Labute approximate surface area is 281 Å². The van der Waals surface area contributed by atoms with E-state index in [2.05, 4.69) is 26.0 Å². The number of allylic oxidation sites excluding steroid dienone is 2. The fraction of sp³-hybridized carbons (Fsp3) is 0.872. The SMILES string of the molecule is CCCCCCCC/C=C\CCCCCCCC(=O)/[P+]([O-])=C(\C[N+](C)(C)C)OC(=O)CCCCCCCCCCCCCCC. The molecule has 0 radical (unpaired) electrons. The van der Waals surface area contributed by atoms with Gasteiger partial charge in [-0.15, -0.1) is 0 Å². The van der Waals surface area contributed by atoms with Crippen molar-refractivity contribution in [3.8, 4) is 0 Å². The van der Waals surface area contributed by atoms with Gasteiger partial charge in [0.05, 0.1) is 27.6 Å². The topological polar surface area (TPSA) is 66.4 Å². The summed E-state index contributed by atoms with van der Waals surface area (Å²) >= 11 is 0. The monoisotopic (exact) mass is 653 g/mol. The number of hydrogen-bond acceptors (Lipinski definition) is 4. The summed E-state index contributed by atoms with van der Waals surface area (Å²) in [7, 11) is 3.55. The van der Waals surface area contributed by atoms with Crippen LogP contribution in [-0.2, 0) is 14.3 Å². The first kappa shape index (κ1) is 44.0. The van der Waals surface area contributed by atoms with E-state index in [9.17, 15) is 14.5 Å². The molecule has 0 N–H and O–H groups in total. The van der Waals surface area contributed by atoms with Crippen LogP contribution < -0.4 is 4.89 Å². The van der Waals surface area contributed by atoms with E-state index in [0.29, 0.717) is 23.9 Å². The van der Waals surface area contributed by atoms with Crippen LogP contribution in [0.15, 0.2) is 12.2 Å². The third kappa shape index (κ3) is 31.3. The van der Waals surface area contributed by atoms with Crippen molar-refractivity contribution in [2.75, 3.05) is 27.7 Å². The number of likely N-dealkylation sites (N-methyl/N-ethyl adjacent to an activating group) is 1. The summed E-state index contributed by atoms with van der Waals surface area (Å²) in [5, 5.41) is 0. The van der Waals surface area contributed by atoms with Gasteiger partial charge in [0.15, 0.2) is 14.3 Å². The molecule has 0 amide bonds. The van der Waals surface area contributed by atoms with E-state index < -0.39 is 7.77 Å². The standard InChI is InChI=1S/C39H75NO4P/c1-6-8-10-12-14-16-18-20-21-23-25-27-29-31-33-35-38(42)45(43)39(36-40(3,4)5)44-37(41)34-32-30-28-26-24-22-19-17-15-13-11-9-7-2/h20-21H,6-19,22-36H2,1-5H3/q+1/b21-20-. The number of unbranched alkanes of at least 4 members (excludes halogenated alkanes) is 23. The number of esters is 1. The first-order chi connectivity index (χ1) is 21.7. The van der Waals surface area contributed by atoms with Crippen LogP contribution in [0.2, 0.25) is 0 Å². The smallest absolute Gasteiger partial charge is 0.336 e. The third-order valence-corrected chi connectivity index (χ3v) is 9.79. The van der Waals surface area contributed by atoms with Gasteiger partial charge in [-0.2, -0.15) is 0 Å². The molecule has 0 aromatic rings. The average Bonchev–Trinajstić information content (AvgIpc) is 2.99. The van der Waals surface area contributed by atoms with E-state index in [1.54, 1.807) is 0 Å². The minimum absolute atomic E-state index is 0.162. The van der Waals surface area contributed by atoms with E-state index in [4.69, 9.17) is 4.74 Å². The fourth-order valence-electron chi connectivity index (χ4n) is 5.60. The Balaban J connectivity index is 4.15. The number of carbonyl (C=O) groups excluding carboxylic acids is 2. The van der Waals surface area contributed by atoms with Gasteiger partial charge in [0.2, 0.25) is 0 Å². The molecule has 0 saturated carbocycles. The first-order valence-electron chi connectivity index (χ1n) is 19.2. The van der Waals surface area contributed by atoms with Crippen LogP contribution in [0.1, 0.15) is 194 Å². The normalized spacial score (nSPS) is 12.6. The summed E-state index contributed by atoms with van der Waals surface area (Å²) in [6.45, 7) is 4.82. The van der Waals surface area contributed by atoms with Crippen molar-refractivity contribution in [1.82, 2.24) is 0 Å². The Morgan fingerprint density at radius 3 is 1.31 bits per heavy atom. The van der Waals surface area contributed by atoms with Gasteiger partial charge in [0.25, 0.3) is 0 Å². The van der Waals surface area contributed by atoms with Crippen LogP contribution >= 0.6 is 7.77 Å². The van der Waals surface area contributed by atoms with Crippen molar-refractivity contribution in [1.29, 1.82) is 0 Å². The van der Waals surface area contributed by atoms with Crippen molar-refractivity contribution < 1.29 is 23.7 Å². The number of carbonyl (C=O) groups is 2. The highest BCUT2D eigenvalue weighted by atomic mass is 31.1. The van der Waals surface area contributed by atoms with Crippen LogP contribution in [0.3, 0.4) is 0 Å². The Morgan fingerprint density at radius 2 is 0.911 bits per heavy atom. The molecule has 1 atom stereocenters. The highest BCUT2D eigenvalue weighted by molar-refractivity contribution is 7.68. The van der Waals surface area contributed by atoms with Crippen molar-refractivity contribution >= 4 is 24.7 Å². The maximum Gasteiger partial charge on any atom is 0.336 e. The lowest BCUT2D eigenvalue weighted by Crippen LogP contribution is -2.41. The van der Waals surface area contributed by atoms with Gasteiger partial charge in [-0.3, -0.25) is 4.79 Å². The molecule has 6 heteroatoms. The molecule has 0 aromatic heterocycles. The molecular weight excluding hydrogens is 577 g/mol. The lowest BCUT2D eigenvalue weighted by Gasteiger charge is -2.23. The Morgan fingerprint density at radius 1 is 0.556 bits per heavy atom. The molecule has 264 valence electrons. The van der Waals surface area contributed by atoms with Crippen molar-refractivity contribution in [3.05, 3.63) is 12.2 Å². The highest BCUT2D eigenvalue weighted by Crippen LogP contribution is 2.23. The second kappa shape index (κ2) is 31.6. The minimum Gasteiger partial charge on any atom is -0.621 e. The lowest BCUT2D eigenvalue weighted by atomic mass is 10.0. The van der Waals surface area contributed by atoms with Crippen molar-refractivity contribution in [2.45, 2.75) is 194 Å². The van der Waals surface area contributed by atoms with Gasteiger partial charge in [-0.05, 0) is 38.5 Å². The minimum atomic E-state index is -2.32. The third-order valence-electron chi connectivity index (χ3n) is 8.43. The lowest BCUT2D eigenvalue weighted by molar-refractivity contribution is -0.861. The predicted molar refractivity (Wildman–Crippen MR) is 196 cm³/mol. The molecule has 45 heavy (non-hydrogen) atoms. The van der Waals surface area contributed by atoms with Gasteiger partial charge < -0.3 is 14.1 Å². The first-order valence-corrected chi connectivity index (χ1v) is 20.5. The average molecular weight is 653 g/mol. The van der Waals surface area contributed by atoms with Crippen LogP contribution in [0.5, 0.6) is 0 Å². The number of nitrogens with zero attached hydrogens (tertiary/aromatic N) is 1. The second-order valence-corrected chi connectivity index (χ2v) is 15.9. The summed E-state index contributed by atoms with van der Waals surface area (Å²) in [4.78, 5) is 38.4. The quantitative estimate of drug-likeness (QED) is 0.0233. The Bertz CT molecular complexity index is 771. The summed E-state index contributed by atoms with van der Waals surface area (Å²) in [6, 6.07) is 0. The predicted octanol–water partition coefficient (Wildman–Crippen LogP) is 11.2. The Hall–Kier alpha value is -1.03. The van der Waals surface area contributed by atoms with E-state index in [-0.39, 0.29) is 17.0 Å². The summed E-state index contributed by atoms with van der Waals surface area (Å²) in [6.07, 6.45) is 37.2. The van der Waals surface area contributed by atoms with E-state index in [1.807, 2.05) is 21.1 Å². The molecule has 0 aliphatic rings.